The van der Waals surface area contributed by atoms with Crippen molar-refractivity contribution >= 4 is 0 Å². The number of hydrogen-bond acceptors (Lipinski definition) is 5. The van der Waals surface area contributed by atoms with Crippen LogP contribution in [0.1, 0.15) is 28.5 Å². The highest BCUT2D eigenvalue weighted by atomic mass is 16.5. The van der Waals surface area contributed by atoms with Crippen LogP contribution in [-0.2, 0) is 11.3 Å². The van der Waals surface area contributed by atoms with Gasteiger partial charge in [-0.05, 0) is 38.7 Å². The van der Waals surface area contributed by atoms with Gasteiger partial charge >= 0.3 is 0 Å². The highest BCUT2D eigenvalue weighted by molar-refractivity contribution is 5.47. The molecule has 5 heteroatoms. The molecule has 0 saturated heterocycles. The summed E-state index contributed by atoms with van der Waals surface area (Å²) in [6.45, 7) is 3.75. The van der Waals surface area contributed by atoms with E-state index in [1.807, 2.05) is 38.4 Å². The number of ether oxygens (including phenoxy) is 2. The van der Waals surface area contributed by atoms with Crippen molar-refractivity contribution in [1.82, 2.24) is 9.88 Å². The van der Waals surface area contributed by atoms with Crippen LogP contribution in [0.25, 0.3) is 0 Å². The topological polar surface area (TPSA) is 54.8 Å². The number of aryl methyl sites for hydroxylation is 1. The van der Waals surface area contributed by atoms with Crippen molar-refractivity contribution in [2.24, 2.45) is 0 Å². The molecular formula is C18H22N2O3. The Kier molecular flexibility index (Phi) is 4.50. The Labute approximate surface area is 136 Å². The van der Waals surface area contributed by atoms with Gasteiger partial charge in [0.15, 0.2) is 0 Å². The highest BCUT2D eigenvalue weighted by Gasteiger charge is 2.28. The Morgan fingerprint density at radius 1 is 1.30 bits per heavy atom. The molecule has 1 N–H and O–H groups in total. The fourth-order valence-corrected chi connectivity index (χ4v) is 2.66. The second-order valence-electron chi connectivity index (χ2n) is 6.04. The molecule has 1 unspecified atom stereocenters. The van der Waals surface area contributed by atoms with E-state index in [1.165, 1.54) is 0 Å². The maximum atomic E-state index is 10.1. The minimum absolute atomic E-state index is 0.181. The zero-order chi connectivity index (χ0) is 16.4. The van der Waals surface area contributed by atoms with Crippen molar-refractivity contribution in [3.05, 3.63) is 52.8 Å². The SMILES string of the molecule is Cc1ncc2c(c1O)COC2c1ccc(OCCN(C)C)cc1. The zero-order valence-corrected chi connectivity index (χ0v) is 13.7. The quantitative estimate of drug-likeness (QED) is 0.919. The third-order valence-corrected chi connectivity index (χ3v) is 4.04. The van der Waals surface area contributed by atoms with E-state index in [0.717, 1.165) is 29.0 Å². The van der Waals surface area contributed by atoms with Gasteiger partial charge in [-0.1, -0.05) is 12.1 Å². The largest absolute Gasteiger partial charge is 0.506 e. The van der Waals surface area contributed by atoms with Gasteiger partial charge in [-0.3, -0.25) is 4.98 Å². The summed E-state index contributed by atoms with van der Waals surface area (Å²) >= 11 is 0. The second-order valence-corrected chi connectivity index (χ2v) is 6.04. The lowest BCUT2D eigenvalue weighted by Gasteiger charge is -2.14. The van der Waals surface area contributed by atoms with E-state index in [-0.39, 0.29) is 11.9 Å². The fraction of sp³-hybridized carbons (Fsp3) is 0.389. The molecule has 1 aromatic carbocycles. The first kappa shape index (κ1) is 15.8. The van der Waals surface area contributed by atoms with Gasteiger partial charge in [-0.15, -0.1) is 0 Å². The summed E-state index contributed by atoms with van der Waals surface area (Å²) in [5.74, 6) is 1.09. The normalized spacial score (nSPS) is 16.6. The third-order valence-electron chi connectivity index (χ3n) is 4.04. The van der Waals surface area contributed by atoms with Crippen LogP contribution < -0.4 is 4.74 Å². The average Bonchev–Trinajstić information content (AvgIpc) is 2.96. The Hall–Kier alpha value is -2.11. The summed E-state index contributed by atoms with van der Waals surface area (Å²) in [5, 5.41) is 10.1. The van der Waals surface area contributed by atoms with Crippen molar-refractivity contribution in [3.8, 4) is 11.5 Å². The van der Waals surface area contributed by atoms with Crippen molar-refractivity contribution in [2.45, 2.75) is 19.6 Å². The third kappa shape index (κ3) is 3.30. The lowest BCUT2D eigenvalue weighted by atomic mass is 10.00. The highest BCUT2D eigenvalue weighted by Crippen LogP contribution is 2.40. The lowest BCUT2D eigenvalue weighted by molar-refractivity contribution is 0.0932. The molecule has 2 aromatic rings. The monoisotopic (exact) mass is 314 g/mol. The van der Waals surface area contributed by atoms with Crippen molar-refractivity contribution in [1.29, 1.82) is 0 Å². The summed E-state index contributed by atoms with van der Waals surface area (Å²) in [7, 11) is 4.04. The lowest BCUT2D eigenvalue weighted by Crippen LogP contribution is -2.19. The molecule has 0 fully saturated rings. The van der Waals surface area contributed by atoms with E-state index in [1.54, 1.807) is 13.1 Å². The molecule has 0 amide bonds. The van der Waals surface area contributed by atoms with E-state index in [2.05, 4.69) is 9.88 Å². The van der Waals surface area contributed by atoms with Crippen molar-refractivity contribution in [3.63, 3.8) is 0 Å². The number of aromatic nitrogens is 1. The van der Waals surface area contributed by atoms with Gasteiger partial charge < -0.3 is 19.5 Å². The van der Waals surface area contributed by atoms with E-state index >= 15 is 0 Å². The van der Waals surface area contributed by atoms with E-state index in [4.69, 9.17) is 9.47 Å². The fourth-order valence-electron chi connectivity index (χ4n) is 2.66. The first-order chi connectivity index (χ1) is 11.1. The van der Waals surface area contributed by atoms with Gasteiger partial charge in [0.05, 0.1) is 12.3 Å². The van der Waals surface area contributed by atoms with Crippen LogP contribution in [0.4, 0.5) is 0 Å². The van der Waals surface area contributed by atoms with Crippen molar-refractivity contribution < 1.29 is 14.6 Å². The van der Waals surface area contributed by atoms with Crippen molar-refractivity contribution in [2.75, 3.05) is 27.2 Å². The Bertz CT molecular complexity index is 683. The summed E-state index contributed by atoms with van der Waals surface area (Å²) in [5.41, 5.74) is 3.45. The van der Waals surface area contributed by atoms with Crippen LogP contribution in [-0.4, -0.2) is 42.2 Å². The van der Waals surface area contributed by atoms with Gasteiger partial charge in [0, 0.05) is 23.9 Å². The number of aromatic hydroxyl groups is 1. The molecule has 23 heavy (non-hydrogen) atoms. The van der Waals surface area contributed by atoms with Crippen LogP contribution >= 0.6 is 0 Å². The number of hydrogen-bond donors (Lipinski definition) is 1. The molecule has 3 rings (SSSR count). The zero-order valence-electron chi connectivity index (χ0n) is 13.7. The number of rotatable bonds is 5. The van der Waals surface area contributed by atoms with Crippen LogP contribution in [0, 0.1) is 6.92 Å². The summed E-state index contributed by atoms with van der Waals surface area (Å²) < 4.78 is 11.6. The second kappa shape index (κ2) is 6.56. The molecule has 0 saturated carbocycles. The maximum absolute atomic E-state index is 10.1. The Balaban J connectivity index is 1.74. The number of nitrogens with zero attached hydrogens (tertiary/aromatic N) is 2. The van der Waals surface area contributed by atoms with Gasteiger partial charge in [-0.25, -0.2) is 0 Å². The van der Waals surface area contributed by atoms with Crippen LogP contribution in [0.3, 0.4) is 0 Å². The first-order valence-corrected chi connectivity index (χ1v) is 7.72. The van der Waals surface area contributed by atoms with Gasteiger partial charge in [0.2, 0.25) is 0 Å². The van der Waals surface area contributed by atoms with Gasteiger partial charge in [-0.2, -0.15) is 0 Å². The number of benzene rings is 1. The predicted molar refractivity (Wildman–Crippen MR) is 87.8 cm³/mol. The average molecular weight is 314 g/mol. The number of likely N-dealkylation sites (N-methyl/N-ethyl adjacent to an activating group) is 1. The Morgan fingerprint density at radius 2 is 2.04 bits per heavy atom. The number of fused-ring (bicyclic) bond motifs is 1. The van der Waals surface area contributed by atoms with E-state index in [9.17, 15) is 5.11 Å². The molecule has 0 aliphatic carbocycles. The smallest absolute Gasteiger partial charge is 0.142 e. The molecule has 1 aromatic heterocycles. The Morgan fingerprint density at radius 3 is 2.74 bits per heavy atom. The predicted octanol–water partition coefficient (Wildman–Crippen LogP) is 2.66. The molecule has 1 aliphatic heterocycles. The first-order valence-electron chi connectivity index (χ1n) is 7.72. The van der Waals surface area contributed by atoms with Crippen LogP contribution in [0.15, 0.2) is 30.5 Å². The molecule has 0 spiro atoms. The molecular weight excluding hydrogens is 292 g/mol. The summed E-state index contributed by atoms with van der Waals surface area (Å²) in [4.78, 5) is 6.32. The van der Waals surface area contributed by atoms with Crippen LogP contribution in [0.2, 0.25) is 0 Å². The van der Waals surface area contributed by atoms with Gasteiger partial charge in [0.25, 0.3) is 0 Å². The molecule has 0 radical (unpaired) electrons. The minimum atomic E-state index is -0.181. The maximum Gasteiger partial charge on any atom is 0.142 e. The molecule has 122 valence electrons. The molecule has 5 nitrogen and oxygen atoms in total. The standard InChI is InChI=1S/C18H22N2O3/c1-12-17(21)16-11-23-18(15(16)10-19-12)13-4-6-14(7-5-13)22-9-8-20(2)3/h4-7,10,18,21H,8-9,11H2,1-3H3. The van der Waals surface area contributed by atoms with E-state index < -0.39 is 0 Å². The molecule has 0 bridgehead atoms. The van der Waals surface area contributed by atoms with Gasteiger partial charge in [0.1, 0.15) is 24.2 Å². The molecule has 1 aliphatic rings. The van der Waals surface area contributed by atoms with E-state index in [0.29, 0.717) is 18.9 Å². The summed E-state index contributed by atoms with van der Waals surface area (Å²) in [6, 6.07) is 7.91. The molecule has 2 heterocycles. The number of pyridine rings is 1. The summed E-state index contributed by atoms with van der Waals surface area (Å²) in [6.07, 6.45) is 1.61. The van der Waals surface area contributed by atoms with Crippen LogP contribution in [0.5, 0.6) is 11.5 Å². The minimum Gasteiger partial charge on any atom is -0.506 e. The molecule has 1 atom stereocenters.